The van der Waals surface area contributed by atoms with Crippen LogP contribution in [-0.4, -0.2) is 28.8 Å². The minimum absolute atomic E-state index is 0.119. The van der Waals surface area contributed by atoms with E-state index in [1.807, 2.05) is 6.92 Å². The lowest BCUT2D eigenvalue weighted by atomic mass is 10.1. The second-order valence-corrected chi connectivity index (χ2v) is 8.85. The van der Waals surface area contributed by atoms with Gasteiger partial charge in [0, 0.05) is 22.2 Å². The van der Waals surface area contributed by atoms with E-state index in [1.165, 1.54) is 18.9 Å². The Bertz CT molecular complexity index is 990. The van der Waals surface area contributed by atoms with Crippen LogP contribution in [0.15, 0.2) is 35.2 Å². The Balaban J connectivity index is 1.88. The Kier molecular flexibility index (Phi) is 7.35. The molecule has 0 atom stereocenters. The van der Waals surface area contributed by atoms with E-state index in [2.05, 4.69) is 0 Å². The average Bonchev–Trinajstić information content (AvgIpc) is 2.94. The number of carbonyl (C=O) groups is 1. The Labute approximate surface area is 193 Å². The molecule has 1 aliphatic rings. The fourth-order valence-corrected chi connectivity index (χ4v) is 4.87. The molecule has 1 aliphatic heterocycles. The van der Waals surface area contributed by atoms with Gasteiger partial charge in [0.15, 0.2) is 11.5 Å². The highest BCUT2D eigenvalue weighted by Crippen LogP contribution is 2.40. The fraction of sp³-hybridized carbons (Fsp3) is 0.200. The summed E-state index contributed by atoms with van der Waals surface area (Å²) in [6.45, 7) is 2.54. The Morgan fingerprint density at radius 2 is 1.86 bits per heavy atom. The van der Waals surface area contributed by atoms with Gasteiger partial charge in [0.2, 0.25) is 0 Å². The van der Waals surface area contributed by atoms with Gasteiger partial charge in [0.05, 0.1) is 17.0 Å². The molecule has 4 nitrogen and oxygen atoms in total. The molecule has 0 saturated carbocycles. The number of rotatable bonds is 6. The highest BCUT2D eigenvalue weighted by molar-refractivity contribution is 8.26. The molecule has 0 aromatic heterocycles. The number of likely N-dealkylation sites (N-methyl/N-ethyl adjacent to an activating group) is 1. The van der Waals surface area contributed by atoms with Crippen molar-refractivity contribution in [2.24, 2.45) is 0 Å². The van der Waals surface area contributed by atoms with E-state index in [1.54, 1.807) is 41.3 Å². The van der Waals surface area contributed by atoms with Crippen LogP contribution in [-0.2, 0) is 11.4 Å². The molecular weight excluding hydrogens is 473 g/mol. The number of carbonyl (C=O) groups excluding carboxylic acids is 1. The zero-order chi connectivity index (χ0) is 21.1. The van der Waals surface area contributed by atoms with Crippen LogP contribution in [0.4, 0.5) is 0 Å². The van der Waals surface area contributed by atoms with Gasteiger partial charge in [-0.1, -0.05) is 64.8 Å². The van der Waals surface area contributed by atoms with Crippen LogP contribution in [0.5, 0.6) is 11.5 Å². The first kappa shape index (κ1) is 22.2. The molecule has 0 unspecified atom stereocenters. The molecule has 0 aliphatic carbocycles. The van der Waals surface area contributed by atoms with Crippen LogP contribution >= 0.6 is 58.8 Å². The Morgan fingerprint density at radius 1 is 1.17 bits per heavy atom. The number of thioether (sulfide) groups is 1. The smallest absolute Gasteiger partial charge is 0.266 e. The zero-order valence-electron chi connectivity index (χ0n) is 15.5. The van der Waals surface area contributed by atoms with Crippen molar-refractivity contribution in [3.63, 3.8) is 0 Å². The molecule has 29 heavy (non-hydrogen) atoms. The first-order valence-corrected chi connectivity index (χ1v) is 10.9. The van der Waals surface area contributed by atoms with Gasteiger partial charge in [-0.15, -0.1) is 0 Å². The molecule has 152 valence electrons. The lowest BCUT2D eigenvalue weighted by Gasteiger charge is -2.15. The summed E-state index contributed by atoms with van der Waals surface area (Å²) in [6, 6.07) is 8.68. The second-order valence-electron chi connectivity index (χ2n) is 5.95. The zero-order valence-corrected chi connectivity index (χ0v) is 19.4. The van der Waals surface area contributed by atoms with Crippen molar-refractivity contribution in [1.82, 2.24) is 4.90 Å². The molecule has 1 heterocycles. The summed E-state index contributed by atoms with van der Waals surface area (Å²) >= 11 is 25.3. The monoisotopic (exact) mass is 487 g/mol. The first-order valence-electron chi connectivity index (χ1n) is 8.54. The van der Waals surface area contributed by atoms with Crippen LogP contribution in [0, 0.1) is 0 Å². The number of methoxy groups -OCH3 is 1. The molecule has 1 amide bonds. The molecule has 9 heteroatoms. The highest BCUT2D eigenvalue weighted by atomic mass is 35.5. The topological polar surface area (TPSA) is 38.8 Å². The summed E-state index contributed by atoms with van der Waals surface area (Å²) in [4.78, 5) is 14.5. The SMILES string of the molecule is CCN1C(=O)/C(=C/c2cc(Cl)c(OCc3c(Cl)cccc3Cl)c(OC)c2)SC1=S. The van der Waals surface area contributed by atoms with Gasteiger partial charge in [-0.05, 0) is 42.8 Å². The van der Waals surface area contributed by atoms with Gasteiger partial charge in [-0.2, -0.15) is 0 Å². The molecule has 0 N–H and O–H groups in total. The number of halogens is 3. The lowest BCUT2D eigenvalue weighted by molar-refractivity contribution is -0.121. The quantitative estimate of drug-likeness (QED) is 0.345. The van der Waals surface area contributed by atoms with E-state index >= 15 is 0 Å². The molecule has 2 aromatic carbocycles. The molecule has 0 spiro atoms. The Morgan fingerprint density at radius 3 is 2.45 bits per heavy atom. The maximum atomic E-state index is 12.4. The number of thiocarbonyl (C=S) groups is 1. The van der Waals surface area contributed by atoms with Crippen molar-refractivity contribution in [2.45, 2.75) is 13.5 Å². The van der Waals surface area contributed by atoms with E-state index in [-0.39, 0.29) is 12.5 Å². The maximum absolute atomic E-state index is 12.4. The van der Waals surface area contributed by atoms with Crippen molar-refractivity contribution >= 4 is 75.1 Å². The minimum atomic E-state index is -0.119. The van der Waals surface area contributed by atoms with Crippen LogP contribution in [0.3, 0.4) is 0 Å². The summed E-state index contributed by atoms with van der Waals surface area (Å²) in [5.74, 6) is 0.674. The first-order chi connectivity index (χ1) is 13.8. The largest absolute Gasteiger partial charge is 0.493 e. The van der Waals surface area contributed by atoms with Crippen molar-refractivity contribution in [1.29, 1.82) is 0 Å². The molecule has 3 rings (SSSR count). The van der Waals surface area contributed by atoms with Crippen LogP contribution in [0.25, 0.3) is 6.08 Å². The van der Waals surface area contributed by atoms with E-state index in [0.29, 0.717) is 53.5 Å². The van der Waals surface area contributed by atoms with Gasteiger partial charge in [0.25, 0.3) is 5.91 Å². The number of ether oxygens (including phenoxy) is 2. The van der Waals surface area contributed by atoms with Crippen LogP contribution < -0.4 is 9.47 Å². The lowest BCUT2D eigenvalue weighted by Crippen LogP contribution is -2.27. The molecular formula is C20H16Cl3NO3S2. The van der Waals surface area contributed by atoms with E-state index in [9.17, 15) is 4.79 Å². The Hall–Kier alpha value is -1.44. The third kappa shape index (κ3) is 4.84. The molecule has 1 fully saturated rings. The van der Waals surface area contributed by atoms with Gasteiger partial charge in [-0.3, -0.25) is 9.69 Å². The molecule has 0 radical (unpaired) electrons. The van der Waals surface area contributed by atoms with Crippen LogP contribution in [0.2, 0.25) is 15.1 Å². The average molecular weight is 489 g/mol. The standard InChI is InChI=1S/C20H16Cl3NO3S2/c1-3-24-19(25)17(29-20(24)28)9-11-7-15(23)18(16(8-11)26-2)27-10-12-13(21)5-4-6-14(12)22/h4-9H,3,10H2,1-2H3/b17-9-. The van der Waals surface area contributed by atoms with Crippen molar-refractivity contribution in [3.8, 4) is 11.5 Å². The minimum Gasteiger partial charge on any atom is -0.493 e. The number of nitrogens with zero attached hydrogens (tertiary/aromatic N) is 1. The van der Waals surface area contributed by atoms with Crippen LogP contribution in [0.1, 0.15) is 18.1 Å². The third-order valence-corrected chi connectivity index (χ3v) is 6.53. The van der Waals surface area contributed by atoms with Crippen molar-refractivity contribution in [3.05, 3.63) is 61.4 Å². The maximum Gasteiger partial charge on any atom is 0.266 e. The van der Waals surface area contributed by atoms with Gasteiger partial charge in [-0.25, -0.2) is 0 Å². The predicted molar refractivity (Wildman–Crippen MR) is 124 cm³/mol. The normalized spacial score (nSPS) is 15.3. The fourth-order valence-electron chi connectivity index (χ4n) is 2.70. The van der Waals surface area contributed by atoms with Gasteiger partial charge < -0.3 is 9.47 Å². The summed E-state index contributed by atoms with van der Waals surface area (Å²) in [7, 11) is 1.52. The predicted octanol–water partition coefficient (Wildman–Crippen LogP) is 6.46. The summed E-state index contributed by atoms with van der Waals surface area (Å²) in [6.07, 6.45) is 1.73. The van der Waals surface area contributed by atoms with Crippen molar-refractivity contribution < 1.29 is 14.3 Å². The summed E-state index contributed by atoms with van der Waals surface area (Å²) < 4.78 is 11.8. The van der Waals surface area contributed by atoms with Crippen molar-refractivity contribution in [2.75, 3.05) is 13.7 Å². The van der Waals surface area contributed by atoms with Gasteiger partial charge in [0.1, 0.15) is 10.9 Å². The molecule has 1 saturated heterocycles. The number of amides is 1. The van der Waals surface area contributed by atoms with E-state index < -0.39 is 0 Å². The molecule has 2 aromatic rings. The summed E-state index contributed by atoms with van der Waals surface area (Å²) in [5, 5.41) is 1.34. The molecule has 0 bridgehead atoms. The van der Waals surface area contributed by atoms with Gasteiger partial charge >= 0.3 is 0 Å². The number of hydrogen-bond donors (Lipinski definition) is 0. The number of hydrogen-bond acceptors (Lipinski definition) is 5. The highest BCUT2D eigenvalue weighted by Gasteiger charge is 2.30. The number of benzene rings is 2. The summed E-state index contributed by atoms with van der Waals surface area (Å²) in [5.41, 5.74) is 1.35. The van der Waals surface area contributed by atoms with E-state index in [0.717, 1.165) is 0 Å². The second kappa shape index (κ2) is 9.58. The van der Waals surface area contributed by atoms with E-state index in [4.69, 9.17) is 56.5 Å². The third-order valence-electron chi connectivity index (χ3n) is 4.16.